The highest BCUT2D eigenvalue weighted by Gasteiger charge is 2.27. The molecule has 0 spiro atoms. The van der Waals surface area contributed by atoms with E-state index in [9.17, 15) is 18.0 Å². The van der Waals surface area contributed by atoms with Crippen molar-refractivity contribution in [2.45, 2.75) is 72.3 Å². The van der Waals surface area contributed by atoms with E-state index in [0.717, 1.165) is 72.3 Å². The molecule has 1 N–H and O–H groups in total. The largest absolute Gasteiger partial charge is 0.444 e. The molecule has 0 aromatic heterocycles. The summed E-state index contributed by atoms with van der Waals surface area (Å²) >= 11 is 6.89. The average Bonchev–Trinajstić information content (AvgIpc) is 3.31. The Labute approximate surface area is 422 Å². The quantitative estimate of drug-likeness (QED) is 0.178. The van der Waals surface area contributed by atoms with Gasteiger partial charge in [-0.2, -0.15) is 0 Å². The number of nitrogens with zero attached hydrogens (tertiary/aromatic N) is 5. The fraction of sp³-hybridized carbons (Fsp3) is 0.480. The Morgan fingerprint density at radius 2 is 0.896 bits per heavy atom. The van der Waals surface area contributed by atoms with Gasteiger partial charge in [-0.1, -0.05) is 40.2 Å². The maximum atomic E-state index is 12.0. The number of carbonyl (C=O) groups is 2. The second kappa shape index (κ2) is 27.4. The van der Waals surface area contributed by atoms with Gasteiger partial charge < -0.3 is 39.3 Å². The molecule has 3 aliphatic rings. The summed E-state index contributed by atoms with van der Waals surface area (Å²) in [5, 5.41) is 3.32. The van der Waals surface area contributed by atoms with E-state index >= 15 is 0 Å². The topological polar surface area (TPSA) is 115 Å². The van der Waals surface area contributed by atoms with Gasteiger partial charge in [0.25, 0.3) is 0 Å². The molecule has 0 aliphatic carbocycles. The zero-order valence-corrected chi connectivity index (χ0v) is 45.8. The van der Waals surface area contributed by atoms with Crippen LogP contribution in [0.5, 0.6) is 0 Å². The van der Waals surface area contributed by atoms with Crippen LogP contribution in [-0.2, 0) is 31.1 Å². The molecule has 7 rings (SSSR count). The van der Waals surface area contributed by atoms with Crippen molar-refractivity contribution in [1.29, 1.82) is 0 Å². The first-order valence-corrected chi connectivity index (χ1v) is 28.8. The van der Waals surface area contributed by atoms with Crippen molar-refractivity contribution >= 4 is 90.3 Å². The Hall–Kier alpha value is -3.74. The summed E-state index contributed by atoms with van der Waals surface area (Å²) in [7, 11) is -1.87. The van der Waals surface area contributed by atoms with Crippen LogP contribution in [0.4, 0.5) is 26.7 Å². The molecule has 0 bridgehead atoms. The van der Waals surface area contributed by atoms with Crippen molar-refractivity contribution in [2.75, 3.05) is 118 Å². The molecule has 368 valence electrons. The molecule has 4 aromatic rings. The zero-order chi connectivity index (χ0) is 49.1. The van der Waals surface area contributed by atoms with Crippen LogP contribution in [0.3, 0.4) is 0 Å². The average molecular weight is 1060 g/mol. The number of halogens is 1. The number of benzene rings is 4. The SMILES string of the molecule is CS(=O)c1cccc(N2CCN(C(=O)OC(C)(C)C)CC2)c1.CS(=O)c1cccc(N2CCNCC2)c1.CSc1cccc(Br)c1.CSc1cccc(N2CCN(C(=O)OC(C)(C)C)CC2)c1. The Morgan fingerprint density at radius 1 is 0.537 bits per heavy atom. The zero-order valence-electron chi connectivity index (χ0n) is 40.9. The summed E-state index contributed by atoms with van der Waals surface area (Å²) in [4.78, 5) is 38.8. The molecule has 3 heterocycles. The molecule has 17 heteroatoms. The third-order valence-electron chi connectivity index (χ3n) is 10.5. The molecule has 3 saturated heterocycles. The number of anilines is 3. The molecule has 0 saturated carbocycles. The Balaban J connectivity index is 0.000000203. The van der Waals surface area contributed by atoms with Gasteiger partial charge in [0.1, 0.15) is 11.2 Å². The lowest BCUT2D eigenvalue weighted by Gasteiger charge is -2.36. The molecular weight excluding hydrogens is 989 g/mol. The highest BCUT2D eigenvalue weighted by atomic mass is 79.9. The van der Waals surface area contributed by atoms with Gasteiger partial charge in [-0.25, -0.2) is 9.59 Å². The van der Waals surface area contributed by atoms with Gasteiger partial charge in [-0.3, -0.25) is 8.42 Å². The molecule has 2 unspecified atom stereocenters. The van der Waals surface area contributed by atoms with Gasteiger partial charge in [-0.05, 0) is 127 Å². The van der Waals surface area contributed by atoms with Crippen LogP contribution in [0.25, 0.3) is 0 Å². The predicted molar refractivity (Wildman–Crippen MR) is 287 cm³/mol. The van der Waals surface area contributed by atoms with Crippen LogP contribution in [0.2, 0.25) is 0 Å². The van der Waals surface area contributed by atoms with Crippen LogP contribution >= 0.6 is 39.5 Å². The number of nitrogens with one attached hydrogen (secondary N) is 1. The van der Waals surface area contributed by atoms with Crippen molar-refractivity contribution in [2.24, 2.45) is 0 Å². The smallest absolute Gasteiger partial charge is 0.410 e. The van der Waals surface area contributed by atoms with E-state index in [1.807, 2.05) is 96.1 Å². The molecule has 67 heavy (non-hydrogen) atoms. The molecule has 2 atom stereocenters. The Bertz CT molecular complexity index is 2220. The summed E-state index contributed by atoms with van der Waals surface area (Å²) in [6.07, 6.45) is 7.09. The Morgan fingerprint density at radius 3 is 1.25 bits per heavy atom. The lowest BCUT2D eigenvalue weighted by atomic mass is 10.2. The van der Waals surface area contributed by atoms with E-state index in [1.165, 1.54) is 21.2 Å². The summed E-state index contributed by atoms with van der Waals surface area (Å²) in [5.74, 6) is 0. The monoisotopic (exact) mass is 1060 g/mol. The number of carbonyl (C=O) groups excluding carboxylic acids is 2. The molecule has 2 amide bonds. The minimum Gasteiger partial charge on any atom is -0.444 e. The number of amides is 2. The van der Waals surface area contributed by atoms with E-state index in [2.05, 4.69) is 90.9 Å². The number of piperazine rings is 3. The first kappa shape index (κ1) is 55.9. The lowest BCUT2D eigenvalue weighted by Crippen LogP contribution is -2.50. The normalized spacial score (nSPS) is 16.2. The summed E-state index contributed by atoms with van der Waals surface area (Å²) in [6, 6.07) is 32.6. The van der Waals surface area contributed by atoms with E-state index in [-0.39, 0.29) is 12.2 Å². The maximum absolute atomic E-state index is 12.0. The number of ether oxygens (including phenoxy) is 2. The third kappa shape index (κ3) is 20.0. The highest BCUT2D eigenvalue weighted by Crippen LogP contribution is 2.25. The molecular formula is C50H71BrN6O6S4. The van der Waals surface area contributed by atoms with Gasteiger partial charge in [0.05, 0.1) is 0 Å². The third-order valence-corrected chi connectivity index (χ3v) is 14.2. The summed E-state index contributed by atoms with van der Waals surface area (Å²) in [5.41, 5.74) is 2.57. The standard InChI is InChI=1S/C16H24N2O3S.C16H24N2O2S.C11H16N2OS.C7H7BrS/c1-16(2,3)21-15(19)18-10-8-17(9-11-18)13-6-5-7-14(12-13)22(4)20;1-16(2,3)20-15(19)18-10-8-17(9-11-18)13-6-5-7-14(12-13)21-4;1-15(14)11-4-2-3-10(9-11)13-7-5-12-6-8-13;1-9-7-4-2-3-6(8)5-7/h5-7,12H,8-11H2,1-4H3;5-7,12H,8-11H2,1-4H3;2-4,9,12H,5-8H2,1H3;2-5H,1H3. The van der Waals surface area contributed by atoms with Crippen LogP contribution in [-0.4, -0.2) is 145 Å². The van der Waals surface area contributed by atoms with E-state index in [4.69, 9.17) is 9.47 Å². The van der Waals surface area contributed by atoms with E-state index < -0.39 is 32.8 Å². The predicted octanol–water partition coefficient (Wildman–Crippen LogP) is 9.95. The fourth-order valence-electron chi connectivity index (χ4n) is 6.99. The van der Waals surface area contributed by atoms with Crippen molar-refractivity contribution in [3.05, 3.63) is 102 Å². The number of rotatable bonds is 7. The molecule has 12 nitrogen and oxygen atoms in total. The first-order valence-electron chi connectivity index (χ1n) is 22.5. The van der Waals surface area contributed by atoms with E-state index in [0.29, 0.717) is 26.2 Å². The minimum atomic E-state index is -0.981. The molecule has 0 radical (unpaired) electrons. The van der Waals surface area contributed by atoms with Gasteiger partial charge >= 0.3 is 12.2 Å². The molecule has 3 aliphatic heterocycles. The molecule has 4 aromatic carbocycles. The van der Waals surface area contributed by atoms with Crippen molar-refractivity contribution < 1.29 is 27.5 Å². The number of thioether (sulfide) groups is 2. The van der Waals surface area contributed by atoms with Gasteiger partial charge in [0.2, 0.25) is 0 Å². The van der Waals surface area contributed by atoms with Gasteiger partial charge in [-0.15, -0.1) is 23.5 Å². The highest BCUT2D eigenvalue weighted by molar-refractivity contribution is 9.10. The minimum absolute atomic E-state index is 0.208. The maximum Gasteiger partial charge on any atom is 0.410 e. The van der Waals surface area contributed by atoms with Gasteiger partial charge in [0.15, 0.2) is 0 Å². The summed E-state index contributed by atoms with van der Waals surface area (Å²) < 4.78 is 34.9. The second-order valence-electron chi connectivity index (χ2n) is 17.9. The molecule has 3 fully saturated rings. The van der Waals surface area contributed by atoms with Crippen molar-refractivity contribution in [3.63, 3.8) is 0 Å². The van der Waals surface area contributed by atoms with Crippen molar-refractivity contribution in [3.8, 4) is 0 Å². The summed E-state index contributed by atoms with van der Waals surface area (Å²) in [6.45, 7) is 21.3. The Kier molecular flexibility index (Phi) is 22.9. The number of hydrogen-bond acceptors (Lipinski definition) is 12. The number of hydrogen-bond donors (Lipinski definition) is 1. The lowest BCUT2D eigenvalue weighted by molar-refractivity contribution is 0.0230. The fourth-order valence-corrected chi connectivity index (χ4v) is 9.57. The first-order chi connectivity index (χ1) is 31.7. The van der Waals surface area contributed by atoms with Crippen molar-refractivity contribution in [1.82, 2.24) is 15.1 Å². The van der Waals surface area contributed by atoms with E-state index in [1.54, 1.807) is 45.8 Å². The second-order valence-corrected chi connectivity index (χ2v) is 23.3. The van der Waals surface area contributed by atoms with Crippen LogP contribution in [0, 0.1) is 0 Å². The van der Waals surface area contributed by atoms with Crippen LogP contribution in [0.15, 0.2) is 121 Å². The van der Waals surface area contributed by atoms with Crippen LogP contribution < -0.4 is 20.0 Å². The van der Waals surface area contributed by atoms with Gasteiger partial charge in [0, 0.05) is 154 Å². The van der Waals surface area contributed by atoms with Crippen LogP contribution in [0.1, 0.15) is 41.5 Å².